The zero-order valence-electron chi connectivity index (χ0n) is 18.2. The monoisotopic (exact) mass is 406 g/mol. The molecule has 0 fully saturated rings. The standard InChI is InChI=1S/C22H34N2O5/c1-17(2)19(20(25)28-16-18-10-8-7-9-11-18)24(6)13-15-27-14-12-23-21(26)29-22(3,4)5/h7-11,19H,1,12-16H2,2-6H3,(H,23,26)/t19-/m0/s1. The first-order valence-electron chi connectivity index (χ1n) is 9.71. The van der Waals surface area contributed by atoms with E-state index in [1.165, 1.54) is 0 Å². The molecule has 0 aliphatic heterocycles. The van der Waals surface area contributed by atoms with Crippen LogP contribution < -0.4 is 5.32 Å². The van der Waals surface area contributed by atoms with Crippen molar-refractivity contribution in [2.45, 2.75) is 45.9 Å². The van der Waals surface area contributed by atoms with Gasteiger partial charge >= 0.3 is 12.1 Å². The predicted molar refractivity (Wildman–Crippen MR) is 113 cm³/mol. The Bertz CT molecular complexity index is 655. The minimum absolute atomic E-state index is 0.226. The number of likely N-dealkylation sites (N-methyl/N-ethyl adjacent to an activating group) is 1. The number of esters is 1. The lowest BCUT2D eigenvalue weighted by Gasteiger charge is -2.26. The van der Waals surface area contributed by atoms with Gasteiger partial charge in [-0.15, -0.1) is 0 Å². The molecule has 1 atom stereocenters. The number of amides is 1. The molecule has 1 aromatic carbocycles. The Kier molecular flexibility index (Phi) is 10.4. The average Bonchev–Trinajstić information content (AvgIpc) is 2.62. The van der Waals surface area contributed by atoms with E-state index in [1.807, 2.05) is 63.1 Å². The number of nitrogens with one attached hydrogen (secondary N) is 1. The second-order valence-electron chi connectivity index (χ2n) is 7.86. The van der Waals surface area contributed by atoms with E-state index >= 15 is 0 Å². The van der Waals surface area contributed by atoms with Gasteiger partial charge in [-0.1, -0.05) is 42.5 Å². The largest absolute Gasteiger partial charge is 0.459 e. The highest BCUT2D eigenvalue weighted by Gasteiger charge is 2.25. The van der Waals surface area contributed by atoms with Crippen molar-refractivity contribution in [3.8, 4) is 0 Å². The summed E-state index contributed by atoms with van der Waals surface area (Å²) in [7, 11) is 1.82. The van der Waals surface area contributed by atoms with Gasteiger partial charge in [0.05, 0.1) is 13.2 Å². The molecule has 0 aliphatic rings. The van der Waals surface area contributed by atoms with Crippen molar-refractivity contribution in [2.75, 3.05) is 33.4 Å². The Labute approximate surface area is 174 Å². The molecule has 0 bridgehead atoms. The topological polar surface area (TPSA) is 77.1 Å². The highest BCUT2D eigenvalue weighted by molar-refractivity contribution is 5.79. The van der Waals surface area contributed by atoms with Crippen molar-refractivity contribution in [3.63, 3.8) is 0 Å². The highest BCUT2D eigenvalue weighted by atomic mass is 16.6. The maximum Gasteiger partial charge on any atom is 0.407 e. The Morgan fingerprint density at radius 3 is 2.41 bits per heavy atom. The molecule has 1 rings (SSSR count). The first-order valence-corrected chi connectivity index (χ1v) is 9.71. The van der Waals surface area contributed by atoms with Crippen molar-refractivity contribution in [2.24, 2.45) is 0 Å². The number of ether oxygens (including phenoxy) is 3. The van der Waals surface area contributed by atoms with Crippen molar-refractivity contribution in [1.29, 1.82) is 0 Å². The van der Waals surface area contributed by atoms with Crippen LogP contribution in [0, 0.1) is 0 Å². The molecule has 7 nitrogen and oxygen atoms in total. The van der Waals surface area contributed by atoms with Gasteiger partial charge in [0.15, 0.2) is 0 Å². The van der Waals surface area contributed by atoms with Crippen LogP contribution in [0.5, 0.6) is 0 Å². The van der Waals surface area contributed by atoms with Crippen LogP contribution in [-0.4, -0.2) is 62.0 Å². The Morgan fingerprint density at radius 1 is 1.17 bits per heavy atom. The van der Waals surface area contributed by atoms with Crippen LogP contribution in [0.2, 0.25) is 0 Å². The minimum Gasteiger partial charge on any atom is -0.459 e. The predicted octanol–water partition coefficient (Wildman–Crippen LogP) is 3.15. The van der Waals surface area contributed by atoms with E-state index < -0.39 is 17.7 Å². The van der Waals surface area contributed by atoms with Crippen LogP contribution in [0.3, 0.4) is 0 Å². The maximum absolute atomic E-state index is 12.5. The SMILES string of the molecule is C=C(C)[C@@H](C(=O)OCc1ccccc1)N(C)CCOCCNC(=O)OC(C)(C)C. The Balaban J connectivity index is 2.31. The number of rotatable bonds is 11. The summed E-state index contributed by atoms with van der Waals surface area (Å²) in [6.07, 6.45) is -0.471. The number of carbonyl (C=O) groups excluding carboxylic acids is 2. The third kappa shape index (κ3) is 10.7. The lowest BCUT2D eigenvalue weighted by molar-refractivity contribution is -0.149. The lowest BCUT2D eigenvalue weighted by Crippen LogP contribution is -2.42. The molecule has 0 spiro atoms. The quantitative estimate of drug-likeness (QED) is 0.346. The number of hydrogen-bond donors (Lipinski definition) is 1. The van der Waals surface area contributed by atoms with Crippen LogP contribution >= 0.6 is 0 Å². The molecule has 0 saturated heterocycles. The van der Waals surface area contributed by atoms with E-state index in [4.69, 9.17) is 14.2 Å². The van der Waals surface area contributed by atoms with Gasteiger partial charge in [-0.2, -0.15) is 0 Å². The summed E-state index contributed by atoms with van der Waals surface area (Å²) in [5, 5.41) is 2.63. The molecule has 0 aliphatic carbocycles. The van der Waals surface area contributed by atoms with E-state index in [0.717, 1.165) is 5.56 Å². The van der Waals surface area contributed by atoms with Crippen LogP contribution in [0.25, 0.3) is 0 Å². The summed E-state index contributed by atoms with van der Waals surface area (Å²) in [4.78, 5) is 25.9. The summed E-state index contributed by atoms with van der Waals surface area (Å²) >= 11 is 0. The number of hydrogen-bond acceptors (Lipinski definition) is 6. The fraction of sp³-hybridized carbons (Fsp3) is 0.545. The van der Waals surface area contributed by atoms with Gasteiger partial charge in [0.2, 0.25) is 0 Å². The summed E-state index contributed by atoms with van der Waals surface area (Å²) in [6.45, 7) is 13.0. The molecular formula is C22H34N2O5. The first-order chi connectivity index (χ1) is 13.6. The van der Waals surface area contributed by atoms with E-state index in [9.17, 15) is 9.59 Å². The van der Waals surface area contributed by atoms with Gasteiger partial charge in [-0.05, 0) is 40.3 Å². The van der Waals surface area contributed by atoms with E-state index in [-0.39, 0.29) is 12.6 Å². The first kappa shape index (κ1) is 24.7. The molecule has 0 saturated carbocycles. The number of alkyl carbamates (subject to hydrolysis) is 1. The third-order valence-electron chi connectivity index (χ3n) is 3.86. The second kappa shape index (κ2) is 12.2. The van der Waals surface area contributed by atoms with Crippen molar-refractivity contribution >= 4 is 12.1 Å². The van der Waals surface area contributed by atoms with Crippen molar-refractivity contribution in [1.82, 2.24) is 10.2 Å². The van der Waals surface area contributed by atoms with Crippen LogP contribution in [0.15, 0.2) is 42.5 Å². The molecule has 1 N–H and O–H groups in total. The number of nitrogens with zero attached hydrogens (tertiary/aromatic N) is 1. The van der Waals surface area contributed by atoms with Crippen LogP contribution in [0.4, 0.5) is 4.79 Å². The summed E-state index contributed by atoms with van der Waals surface area (Å²) in [5.74, 6) is -0.338. The second-order valence-corrected chi connectivity index (χ2v) is 7.86. The normalized spacial score (nSPS) is 12.3. The van der Waals surface area contributed by atoms with E-state index in [2.05, 4.69) is 11.9 Å². The van der Waals surface area contributed by atoms with Gasteiger partial charge in [-0.3, -0.25) is 4.90 Å². The molecule has 0 unspecified atom stereocenters. The Morgan fingerprint density at radius 2 is 1.83 bits per heavy atom. The molecule has 1 aromatic rings. The molecule has 7 heteroatoms. The zero-order valence-corrected chi connectivity index (χ0v) is 18.2. The summed E-state index contributed by atoms with van der Waals surface area (Å²) in [5.41, 5.74) is 1.11. The number of benzene rings is 1. The Hall–Kier alpha value is -2.38. The average molecular weight is 407 g/mol. The smallest absolute Gasteiger partial charge is 0.407 e. The van der Waals surface area contributed by atoms with Crippen LogP contribution in [-0.2, 0) is 25.6 Å². The molecule has 0 radical (unpaired) electrons. The maximum atomic E-state index is 12.5. The van der Waals surface area contributed by atoms with Crippen molar-refractivity contribution < 1.29 is 23.8 Å². The van der Waals surface area contributed by atoms with Gasteiger partial charge < -0.3 is 19.5 Å². The van der Waals surface area contributed by atoms with Crippen molar-refractivity contribution in [3.05, 3.63) is 48.0 Å². The fourth-order valence-electron chi connectivity index (χ4n) is 2.54. The summed E-state index contributed by atoms with van der Waals surface area (Å²) in [6, 6.07) is 9.00. The molecule has 29 heavy (non-hydrogen) atoms. The summed E-state index contributed by atoms with van der Waals surface area (Å²) < 4.78 is 16.1. The molecule has 0 heterocycles. The minimum atomic E-state index is -0.540. The van der Waals surface area contributed by atoms with Gasteiger partial charge in [-0.25, -0.2) is 9.59 Å². The van der Waals surface area contributed by atoms with Gasteiger partial charge in [0, 0.05) is 13.1 Å². The number of carbonyl (C=O) groups is 2. The van der Waals surface area contributed by atoms with Gasteiger partial charge in [0.1, 0.15) is 18.2 Å². The zero-order chi connectivity index (χ0) is 21.9. The molecule has 0 aromatic heterocycles. The fourth-order valence-corrected chi connectivity index (χ4v) is 2.54. The van der Waals surface area contributed by atoms with Gasteiger partial charge in [0.25, 0.3) is 0 Å². The molecule has 162 valence electrons. The van der Waals surface area contributed by atoms with E-state index in [0.29, 0.717) is 31.9 Å². The molecular weight excluding hydrogens is 372 g/mol. The molecule has 1 amide bonds. The lowest BCUT2D eigenvalue weighted by atomic mass is 10.1. The highest BCUT2D eigenvalue weighted by Crippen LogP contribution is 2.11. The van der Waals surface area contributed by atoms with E-state index in [1.54, 1.807) is 6.92 Å². The van der Waals surface area contributed by atoms with Crippen LogP contribution in [0.1, 0.15) is 33.3 Å². The third-order valence-corrected chi connectivity index (χ3v) is 3.86.